The molecule has 0 radical (unpaired) electrons. The number of furan rings is 1. The van der Waals surface area contributed by atoms with Crippen molar-refractivity contribution in [3.8, 4) is 11.3 Å². The maximum atomic E-state index is 13.0. The van der Waals surface area contributed by atoms with E-state index in [0.717, 1.165) is 0 Å². The molecular formula is C18H13F2NO2. The van der Waals surface area contributed by atoms with E-state index >= 15 is 0 Å². The van der Waals surface area contributed by atoms with Gasteiger partial charge in [0.15, 0.2) is 0 Å². The Morgan fingerprint density at radius 1 is 0.957 bits per heavy atom. The number of rotatable bonds is 3. The molecule has 1 aromatic heterocycles. The molecule has 0 aliphatic rings. The number of hydrogen-bond acceptors (Lipinski definition) is 2. The second-order valence-electron chi connectivity index (χ2n) is 5.05. The van der Waals surface area contributed by atoms with Gasteiger partial charge in [0, 0.05) is 11.3 Å². The molecule has 0 saturated carbocycles. The molecule has 0 saturated heterocycles. The van der Waals surface area contributed by atoms with Crippen molar-refractivity contribution >= 4 is 11.6 Å². The van der Waals surface area contributed by atoms with E-state index in [4.69, 9.17) is 4.42 Å². The summed E-state index contributed by atoms with van der Waals surface area (Å²) in [6.45, 7) is 1.67. The summed E-state index contributed by atoms with van der Waals surface area (Å²) in [5.41, 5.74) is 1.53. The summed E-state index contributed by atoms with van der Waals surface area (Å²) in [6.07, 6.45) is 0. The molecule has 3 rings (SSSR count). The van der Waals surface area contributed by atoms with E-state index in [-0.39, 0.29) is 17.5 Å². The zero-order valence-corrected chi connectivity index (χ0v) is 12.3. The summed E-state index contributed by atoms with van der Waals surface area (Å²) < 4.78 is 31.4. The molecule has 0 aliphatic carbocycles. The van der Waals surface area contributed by atoms with Crippen molar-refractivity contribution in [2.45, 2.75) is 6.92 Å². The molecule has 3 nitrogen and oxygen atoms in total. The van der Waals surface area contributed by atoms with Crippen LogP contribution in [0.1, 0.15) is 16.1 Å². The average molecular weight is 313 g/mol. The van der Waals surface area contributed by atoms with Gasteiger partial charge in [-0.2, -0.15) is 0 Å². The molecule has 0 aliphatic heterocycles. The predicted octanol–water partition coefficient (Wildman–Crippen LogP) is 4.79. The van der Waals surface area contributed by atoms with Crippen LogP contribution in [0.3, 0.4) is 0 Å². The number of aryl methyl sites for hydroxylation is 1. The maximum absolute atomic E-state index is 13.0. The Morgan fingerprint density at radius 3 is 2.13 bits per heavy atom. The number of hydrogen-bond donors (Lipinski definition) is 1. The van der Waals surface area contributed by atoms with Gasteiger partial charge in [-0.25, -0.2) is 8.78 Å². The highest BCUT2D eigenvalue weighted by Gasteiger charge is 2.16. The molecule has 0 unspecified atom stereocenters. The van der Waals surface area contributed by atoms with Gasteiger partial charge < -0.3 is 9.73 Å². The van der Waals surface area contributed by atoms with Gasteiger partial charge in [-0.1, -0.05) is 0 Å². The summed E-state index contributed by atoms with van der Waals surface area (Å²) >= 11 is 0. The molecule has 0 atom stereocenters. The molecule has 0 bridgehead atoms. The minimum absolute atomic E-state index is 0.341. The van der Waals surface area contributed by atoms with Crippen molar-refractivity contribution in [3.05, 3.63) is 77.6 Å². The number of nitrogens with one attached hydrogen (secondary N) is 1. The lowest BCUT2D eigenvalue weighted by atomic mass is 10.1. The lowest BCUT2D eigenvalue weighted by Gasteiger charge is -2.03. The van der Waals surface area contributed by atoms with E-state index in [1.807, 2.05) is 0 Å². The molecule has 5 heteroatoms. The van der Waals surface area contributed by atoms with Crippen LogP contribution < -0.4 is 5.32 Å². The average Bonchev–Trinajstić information content (AvgIpc) is 2.92. The zero-order valence-electron chi connectivity index (χ0n) is 12.3. The van der Waals surface area contributed by atoms with Crippen molar-refractivity contribution in [2.75, 3.05) is 5.32 Å². The first-order chi connectivity index (χ1) is 11.0. The minimum Gasteiger partial charge on any atom is -0.461 e. The molecular weight excluding hydrogens is 300 g/mol. The van der Waals surface area contributed by atoms with Gasteiger partial charge in [0.1, 0.15) is 23.2 Å². The zero-order chi connectivity index (χ0) is 16.4. The van der Waals surface area contributed by atoms with Gasteiger partial charge >= 0.3 is 0 Å². The summed E-state index contributed by atoms with van der Waals surface area (Å²) in [7, 11) is 0. The molecule has 1 heterocycles. The van der Waals surface area contributed by atoms with Gasteiger partial charge in [-0.3, -0.25) is 4.79 Å². The maximum Gasteiger partial charge on any atom is 0.259 e. The number of benzene rings is 2. The molecule has 1 amide bonds. The van der Waals surface area contributed by atoms with E-state index in [1.54, 1.807) is 25.1 Å². The van der Waals surface area contributed by atoms with Crippen LogP contribution in [-0.2, 0) is 0 Å². The summed E-state index contributed by atoms with van der Waals surface area (Å²) in [4.78, 5) is 12.3. The Labute approximate surface area is 131 Å². The highest BCUT2D eigenvalue weighted by Crippen LogP contribution is 2.26. The predicted molar refractivity (Wildman–Crippen MR) is 83.2 cm³/mol. The standard InChI is InChI=1S/C18H13F2NO2/c1-11-16(18(22)21-15-8-6-14(20)7-9-15)10-17(23-11)12-2-4-13(19)5-3-12/h2-10H,1H3,(H,21,22). The summed E-state index contributed by atoms with van der Waals surface area (Å²) in [5, 5.41) is 2.67. The van der Waals surface area contributed by atoms with Crippen LogP contribution in [0.15, 0.2) is 59.0 Å². The fourth-order valence-electron chi connectivity index (χ4n) is 2.20. The van der Waals surface area contributed by atoms with E-state index in [9.17, 15) is 13.6 Å². The number of amides is 1. The first kappa shape index (κ1) is 15.0. The molecule has 23 heavy (non-hydrogen) atoms. The smallest absolute Gasteiger partial charge is 0.259 e. The molecule has 1 N–H and O–H groups in total. The Balaban J connectivity index is 1.84. The van der Waals surface area contributed by atoms with Crippen molar-refractivity contribution in [2.24, 2.45) is 0 Å². The topological polar surface area (TPSA) is 42.2 Å². The van der Waals surface area contributed by atoms with Gasteiger partial charge in [0.05, 0.1) is 5.56 Å². The minimum atomic E-state index is -0.374. The van der Waals surface area contributed by atoms with Gasteiger partial charge in [0.25, 0.3) is 5.91 Å². The number of carbonyl (C=O) groups is 1. The quantitative estimate of drug-likeness (QED) is 0.755. The summed E-state index contributed by atoms with van der Waals surface area (Å²) in [5.74, 6) is -0.144. The largest absolute Gasteiger partial charge is 0.461 e. The molecule has 116 valence electrons. The Kier molecular flexibility index (Phi) is 3.93. The molecule has 0 spiro atoms. The SMILES string of the molecule is Cc1oc(-c2ccc(F)cc2)cc1C(=O)Nc1ccc(F)cc1. The molecule has 2 aromatic carbocycles. The van der Waals surface area contributed by atoms with Gasteiger partial charge in [0.2, 0.25) is 0 Å². The third-order valence-corrected chi connectivity index (χ3v) is 3.39. The fraction of sp³-hybridized carbons (Fsp3) is 0.0556. The Bertz CT molecular complexity index is 836. The Morgan fingerprint density at radius 2 is 1.52 bits per heavy atom. The van der Waals surface area contributed by atoms with E-state index in [2.05, 4.69) is 5.32 Å². The number of carbonyl (C=O) groups excluding carboxylic acids is 1. The van der Waals surface area contributed by atoms with E-state index in [0.29, 0.717) is 28.3 Å². The second-order valence-corrected chi connectivity index (χ2v) is 5.05. The number of anilines is 1. The molecule has 3 aromatic rings. The van der Waals surface area contributed by atoms with Crippen LogP contribution in [0, 0.1) is 18.6 Å². The first-order valence-corrected chi connectivity index (χ1v) is 6.96. The van der Waals surface area contributed by atoms with Crippen LogP contribution in [-0.4, -0.2) is 5.91 Å². The third kappa shape index (κ3) is 3.29. The highest BCUT2D eigenvalue weighted by molar-refractivity contribution is 6.05. The van der Waals surface area contributed by atoms with Crippen molar-refractivity contribution in [1.82, 2.24) is 0 Å². The van der Waals surface area contributed by atoms with Crippen LogP contribution in [0.5, 0.6) is 0 Å². The van der Waals surface area contributed by atoms with Crippen molar-refractivity contribution in [1.29, 1.82) is 0 Å². The molecule has 0 fully saturated rings. The van der Waals surface area contributed by atoms with Crippen LogP contribution >= 0.6 is 0 Å². The monoisotopic (exact) mass is 313 g/mol. The Hall–Kier alpha value is -2.95. The van der Waals surface area contributed by atoms with Crippen molar-refractivity contribution in [3.63, 3.8) is 0 Å². The third-order valence-electron chi connectivity index (χ3n) is 3.39. The van der Waals surface area contributed by atoms with E-state index in [1.165, 1.54) is 36.4 Å². The lowest BCUT2D eigenvalue weighted by molar-refractivity contribution is 0.102. The lowest BCUT2D eigenvalue weighted by Crippen LogP contribution is -2.11. The fourth-order valence-corrected chi connectivity index (χ4v) is 2.20. The van der Waals surface area contributed by atoms with Crippen molar-refractivity contribution < 1.29 is 18.0 Å². The van der Waals surface area contributed by atoms with Gasteiger partial charge in [-0.15, -0.1) is 0 Å². The first-order valence-electron chi connectivity index (χ1n) is 6.96. The van der Waals surface area contributed by atoms with Crippen LogP contribution in [0.2, 0.25) is 0 Å². The summed E-state index contributed by atoms with van der Waals surface area (Å²) in [6, 6.07) is 12.9. The van der Waals surface area contributed by atoms with Gasteiger partial charge in [-0.05, 0) is 61.5 Å². The second kappa shape index (κ2) is 6.04. The van der Waals surface area contributed by atoms with Crippen LogP contribution in [0.4, 0.5) is 14.5 Å². The number of halogens is 2. The van der Waals surface area contributed by atoms with E-state index < -0.39 is 0 Å². The highest BCUT2D eigenvalue weighted by atomic mass is 19.1. The normalized spacial score (nSPS) is 10.6. The van der Waals surface area contributed by atoms with Crippen LogP contribution in [0.25, 0.3) is 11.3 Å².